The van der Waals surface area contributed by atoms with Gasteiger partial charge in [-0.2, -0.15) is 0 Å². The normalized spacial score (nSPS) is 16.7. The molecule has 0 bridgehead atoms. The lowest BCUT2D eigenvalue weighted by Crippen LogP contribution is -2.27. The molecule has 1 aliphatic rings. The number of benzene rings is 1. The van der Waals surface area contributed by atoms with E-state index in [1.165, 1.54) is 6.07 Å². The van der Waals surface area contributed by atoms with Gasteiger partial charge in [0, 0.05) is 11.5 Å². The maximum atomic E-state index is 13.2. The van der Waals surface area contributed by atoms with E-state index >= 15 is 0 Å². The average molecular weight is 263 g/mol. The molecule has 0 atom stereocenters. The maximum Gasteiger partial charge on any atom is 0.159 e. The van der Waals surface area contributed by atoms with Crippen LogP contribution in [0, 0.1) is 11.6 Å². The Labute approximate surface area is 110 Å². The fraction of sp³-hybridized carbons (Fsp3) is 0.357. The second-order valence-corrected chi connectivity index (χ2v) is 4.84. The number of halogens is 2. The number of aromatic nitrogens is 2. The van der Waals surface area contributed by atoms with E-state index in [1.54, 1.807) is 12.3 Å². The molecule has 1 aromatic heterocycles. The van der Waals surface area contributed by atoms with Gasteiger partial charge in [0.05, 0.1) is 11.9 Å². The summed E-state index contributed by atoms with van der Waals surface area (Å²) in [5.74, 6) is -0.320. The van der Waals surface area contributed by atoms with E-state index < -0.39 is 11.6 Å². The number of imidazole rings is 1. The highest BCUT2D eigenvalue weighted by molar-refractivity contribution is 5.58. The van der Waals surface area contributed by atoms with Crippen molar-refractivity contribution in [3.05, 3.63) is 41.9 Å². The van der Waals surface area contributed by atoms with Crippen molar-refractivity contribution in [3.8, 4) is 11.3 Å². The number of H-pyrrole nitrogens is 1. The molecule has 0 amide bonds. The Morgan fingerprint density at radius 2 is 1.89 bits per heavy atom. The van der Waals surface area contributed by atoms with Crippen LogP contribution in [0.1, 0.15) is 24.6 Å². The molecule has 0 saturated carbocycles. The van der Waals surface area contributed by atoms with Crippen LogP contribution in [0.25, 0.3) is 11.3 Å². The van der Waals surface area contributed by atoms with E-state index in [1.807, 2.05) is 0 Å². The molecule has 0 radical (unpaired) electrons. The van der Waals surface area contributed by atoms with Crippen LogP contribution in [0.15, 0.2) is 24.4 Å². The van der Waals surface area contributed by atoms with E-state index in [4.69, 9.17) is 0 Å². The number of piperidine rings is 1. The van der Waals surface area contributed by atoms with Gasteiger partial charge in [-0.3, -0.25) is 0 Å². The van der Waals surface area contributed by atoms with E-state index in [2.05, 4.69) is 15.3 Å². The van der Waals surface area contributed by atoms with Gasteiger partial charge in [-0.1, -0.05) is 0 Å². The highest BCUT2D eigenvalue weighted by atomic mass is 19.2. The SMILES string of the molecule is Fc1ccc(-c2cnc(C3CCNCC3)[nH]2)cc1F. The summed E-state index contributed by atoms with van der Waals surface area (Å²) >= 11 is 0. The lowest BCUT2D eigenvalue weighted by atomic mass is 9.98. The van der Waals surface area contributed by atoms with Gasteiger partial charge in [-0.25, -0.2) is 13.8 Å². The monoisotopic (exact) mass is 263 g/mol. The minimum absolute atomic E-state index is 0.417. The van der Waals surface area contributed by atoms with Gasteiger partial charge in [-0.15, -0.1) is 0 Å². The second-order valence-electron chi connectivity index (χ2n) is 4.84. The summed E-state index contributed by atoms with van der Waals surface area (Å²) in [6.07, 6.45) is 3.78. The zero-order valence-electron chi connectivity index (χ0n) is 10.4. The standard InChI is InChI=1S/C14H15F2N3/c15-11-2-1-10(7-12(11)16)13-8-18-14(19-13)9-3-5-17-6-4-9/h1-2,7-9,17H,3-6H2,(H,18,19). The third-order valence-corrected chi connectivity index (χ3v) is 3.55. The number of hydrogen-bond donors (Lipinski definition) is 2. The Morgan fingerprint density at radius 3 is 2.63 bits per heavy atom. The van der Waals surface area contributed by atoms with Crippen molar-refractivity contribution in [2.75, 3.05) is 13.1 Å². The Morgan fingerprint density at radius 1 is 1.11 bits per heavy atom. The summed E-state index contributed by atoms with van der Waals surface area (Å²) in [5.41, 5.74) is 1.35. The molecule has 0 unspecified atom stereocenters. The van der Waals surface area contributed by atoms with Crippen LogP contribution in [0.5, 0.6) is 0 Å². The minimum Gasteiger partial charge on any atom is -0.342 e. The molecule has 0 spiro atoms. The lowest BCUT2D eigenvalue weighted by molar-refractivity contribution is 0.447. The molecule has 100 valence electrons. The topological polar surface area (TPSA) is 40.7 Å². The molecular formula is C14H15F2N3. The van der Waals surface area contributed by atoms with Crippen LogP contribution in [0.2, 0.25) is 0 Å². The predicted molar refractivity (Wildman–Crippen MR) is 68.8 cm³/mol. The Bertz CT molecular complexity index is 574. The summed E-state index contributed by atoms with van der Waals surface area (Å²) in [6, 6.07) is 3.88. The molecule has 1 saturated heterocycles. The summed E-state index contributed by atoms with van der Waals surface area (Å²) in [4.78, 5) is 7.59. The molecule has 3 rings (SSSR count). The van der Waals surface area contributed by atoms with Crippen LogP contribution in [0.3, 0.4) is 0 Å². The first kappa shape index (κ1) is 12.3. The first-order chi connectivity index (χ1) is 9.24. The van der Waals surface area contributed by atoms with Gasteiger partial charge in [0.15, 0.2) is 11.6 Å². The maximum absolute atomic E-state index is 13.2. The quantitative estimate of drug-likeness (QED) is 0.874. The number of rotatable bonds is 2. The van der Waals surface area contributed by atoms with Crippen molar-refractivity contribution in [2.24, 2.45) is 0 Å². The van der Waals surface area contributed by atoms with Gasteiger partial charge in [0.2, 0.25) is 0 Å². The van der Waals surface area contributed by atoms with Gasteiger partial charge in [0.1, 0.15) is 5.82 Å². The fourth-order valence-electron chi connectivity index (χ4n) is 2.45. The van der Waals surface area contributed by atoms with E-state index in [-0.39, 0.29) is 0 Å². The van der Waals surface area contributed by atoms with Crippen molar-refractivity contribution < 1.29 is 8.78 Å². The smallest absolute Gasteiger partial charge is 0.159 e. The Kier molecular flexibility index (Phi) is 3.29. The molecule has 5 heteroatoms. The summed E-state index contributed by atoms with van der Waals surface area (Å²) in [6.45, 7) is 1.98. The zero-order valence-corrected chi connectivity index (χ0v) is 10.4. The van der Waals surface area contributed by atoms with E-state index in [0.717, 1.165) is 43.5 Å². The zero-order chi connectivity index (χ0) is 13.2. The van der Waals surface area contributed by atoms with Crippen molar-refractivity contribution >= 4 is 0 Å². The highest BCUT2D eigenvalue weighted by Gasteiger charge is 2.18. The van der Waals surface area contributed by atoms with Gasteiger partial charge >= 0.3 is 0 Å². The van der Waals surface area contributed by atoms with Crippen LogP contribution in [-0.4, -0.2) is 23.1 Å². The molecule has 0 aliphatic carbocycles. The second kappa shape index (κ2) is 5.09. The minimum atomic E-state index is -0.837. The van der Waals surface area contributed by atoms with Crippen LogP contribution in [0.4, 0.5) is 8.78 Å². The summed E-state index contributed by atoms with van der Waals surface area (Å²) in [7, 11) is 0. The number of aromatic amines is 1. The van der Waals surface area contributed by atoms with E-state index in [9.17, 15) is 8.78 Å². The van der Waals surface area contributed by atoms with Crippen molar-refractivity contribution in [1.82, 2.24) is 15.3 Å². The molecule has 1 fully saturated rings. The Hall–Kier alpha value is -1.75. The first-order valence-corrected chi connectivity index (χ1v) is 6.45. The van der Waals surface area contributed by atoms with Gasteiger partial charge in [-0.05, 0) is 44.1 Å². The highest BCUT2D eigenvalue weighted by Crippen LogP contribution is 2.26. The largest absolute Gasteiger partial charge is 0.342 e. The van der Waals surface area contributed by atoms with Crippen molar-refractivity contribution in [3.63, 3.8) is 0 Å². The van der Waals surface area contributed by atoms with Crippen molar-refractivity contribution in [2.45, 2.75) is 18.8 Å². The van der Waals surface area contributed by atoms with Gasteiger partial charge in [0.25, 0.3) is 0 Å². The van der Waals surface area contributed by atoms with Crippen LogP contribution in [-0.2, 0) is 0 Å². The third-order valence-electron chi connectivity index (χ3n) is 3.55. The molecule has 2 heterocycles. The summed E-state index contributed by atoms with van der Waals surface area (Å²) < 4.78 is 26.1. The third kappa shape index (κ3) is 2.51. The number of nitrogens with zero attached hydrogens (tertiary/aromatic N) is 1. The van der Waals surface area contributed by atoms with Crippen LogP contribution >= 0.6 is 0 Å². The first-order valence-electron chi connectivity index (χ1n) is 6.45. The molecule has 19 heavy (non-hydrogen) atoms. The molecule has 3 nitrogen and oxygen atoms in total. The molecule has 2 aromatic rings. The molecule has 1 aromatic carbocycles. The van der Waals surface area contributed by atoms with Gasteiger partial charge < -0.3 is 10.3 Å². The lowest BCUT2D eigenvalue weighted by Gasteiger charge is -2.20. The van der Waals surface area contributed by atoms with Crippen LogP contribution < -0.4 is 5.32 Å². The van der Waals surface area contributed by atoms with Crippen molar-refractivity contribution in [1.29, 1.82) is 0 Å². The van der Waals surface area contributed by atoms with E-state index in [0.29, 0.717) is 11.5 Å². The average Bonchev–Trinajstić information content (AvgIpc) is 2.93. The molecular weight excluding hydrogens is 248 g/mol. The number of hydrogen-bond acceptors (Lipinski definition) is 2. The number of nitrogens with one attached hydrogen (secondary N) is 2. The molecule has 1 aliphatic heterocycles. The predicted octanol–water partition coefficient (Wildman–Crippen LogP) is 2.82. The summed E-state index contributed by atoms with van der Waals surface area (Å²) in [5, 5.41) is 3.30. The molecule has 2 N–H and O–H groups in total. The Balaban J connectivity index is 1.85. The fourth-order valence-corrected chi connectivity index (χ4v) is 2.45.